The van der Waals surface area contributed by atoms with Crippen molar-refractivity contribution in [2.24, 2.45) is 5.73 Å². The van der Waals surface area contributed by atoms with Gasteiger partial charge in [0, 0.05) is 48.6 Å². The predicted octanol–water partition coefficient (Wildman–Crippen LogP) is 6.42. The van der Waals surface area contributed by atoms with Gasteiger partial charge in [-0.2, -0.15) is 0 Å². The summed E-state index contributed by atoms with van der Waals surface area (Å²) in [5.41, 5.74) is 9.73. The molecule has 0 aliphatic carbocycles. The number of aliphatic hydroxyl groups is 1. The minimum absolute atomic E-state index is 0.0129. The molecule has 7 unspecified atom stereocenters. The van der Waals surface area contributed by atoms with Crippen LogP contribution in [0.2, 0.25) is 5.02 Å². The number of aliphatic hydroxyl groups excluding tert-OH is 1. The molecule has 3 aromatic carbocycles. The molecule has 6 nitrogen and oxygen atoms in total. The Labute approximate surface area is 266 Å². The van der Waals surface area contributed by atoms with E-state index in [-0.39, 0.29) is 35.4 Å². The smallest absolute Gasteiger partial charge is 0.129 e. The number of likely N-dealkylation sites (tertiary alicyclic amines) is 1. The average molecular weight is 645 g/mol. The van der Waals surface area contributed by atoms with E-state index in [9.17, 15) is 13.9 Å². The minimum atomic E-state index is -0.659. The normalized spacial score (nSPS) is 29.5. The molecule has 7 atom stereocenters. The van der Waals surface area contributed by atoms with Crippen LogP contribution in [0.1, 0.15) is 60.1 Å². The fourth-order valence-corrected chi connectivity index (χ4v) is 7.43. The largest absolute Gasteiger partial charge is 0.489 e. The Bertz CT molecular complexity index is 1430. The van der Waals surface area contributed by atoms with Crippen molar-refractivity contribution in [3.8, 4) is 5.75 Å². The number of benzene rings is 3. The lowest BCUT2D eigenvalue weighted by molar-refractivity contribution is -0.0605. The summed E-state index contributed by atoms with van der Waals surface area (Å²) in [7, 11) is 0. The third-order valence-corrected chi connectivity index (χ3v) is 10.1. The fraction of sp³-hybridized carbons (Fsp3) is 0.471. The van der Waals surface area contributed by atoms with Crippen LogP contribution in [0.3, 0.4) is 0 Å². The first-order valence-corrected chi connectivity index (χ1v) is 16.9. The zero-order chi connectivity index (χ0) is 30.8. The fourth-order valence-electron chi connectivity index (χ4n) is 6.59. The summed E-state index contributed by atoms with van der Waals surface area (Å²) in [6.45, 7) is 2.01. The zero-order valence-corrected chi connectivity index (χ0v) is 26.3. The molecule has 0 aromatic heterocycles. The van der Waals surface area contributed by atoms with Gasteiger partial charge in [0.1, 0.15) is 35.0 Å². The Morgan fingerprint density at radius 3 is 2.66 bits per heavy atom. The maximum Gasteiger partial charge on any atom is 0.129 e. The lowest BCUT2D eigenvalue weighted by Crippen LogP contribution is -2.49. The number of hydrogen-bond acceptors (Lipinski definition) is 7. The monoisotopic (exact) mass is 644 g/mol. The summed E-state index contributed by atoms with van der Waals surface area (Å²) >= 11 is 8.20. The summed E-state index contributed by atoms with van der Waals surface area (Å²) in [5, 5.41) is 11.0. The van der Waals surface area contributed by atoms with E-state index in [2.05, 4.69) is 23.1 Å². The topological polar surface area (TPSA) is 77.2 Å². The van der Waals surface area contributed by atoms with Gasteiger partial charge in [0.2, 0.25) is 0 Å². The van der Waals surface area contributed by atoms with Crippen LogP contribution >= 0.6 is 23.4 Å². The highest BCUT2D eigenvalue weighted by atomic mass is 35.5. The summed E-state index contributed by atoms with van der Waals surface area (Å²) in [6.07, 6.45) is 4.28. The van der Waals surface area contributed by atoms with Gasteiger partial charge in [-0.15, -0.1) is 11.8 Å². The Kier molecular flexibility index (Phi) is 10.1. The van der Waals surface area contributed by atoms with Crippen LogP contribution in [0.15, 0.2) is 60.7 Å². The van der Waals surface area contributed by atoms with Crippen LogP contribution in [-0.4, -0.2) is 65.7 Å². The lowest BCUT2D eigenvalue weighted by Gasteiger charge is -2.38. The zero-order valence-electron chi connectivity index (χ0n) is 24.7. The minimum Gasteiger partial charge on any atom is -0.489 e. The average Bonchev–Trinajstić information content (AvgIpc) is 3.48. The molecule has 3 heterocycles. The molecule has 0 bridgehead atoms. The van der Waals surface area contributed by atoms with Gasteiger partial charge < -0.3 is 25.1 Å². The molecule has 3 fully saturated rings. The molecule has 3 N–H and O–H groups in total. The Balaban J connectivity index is 1.02. The van der Waals surface area contributed by atoms with E-state index in [0.29, 0.717) is 37.3 Å². The standard InChI is InChI=1S/C34H39ClF2N2O4S/c1-44-33-17-25(40)16-32(43-33)21-4-8-29(35)22(13-21)12-20-2-6-26(7-3-20)42-27-10-11-39(18-27)24-15-31(38)34(41-19-24)28-14-23(36)5-9-30(28)37/h2-9,13-14,24-25,27,31-34,40H,10-12,15-19,38H2,1H3. The Morgan fingerprint density at radius 2 is 1.89 bits per heavy atom. The molecule has 0 saturated carbocycles. The van der Waals surface area contributed by atoms with Gasteiger partial charge in [0.05, 0.1) is 18.8 Å². The number of rotatable bonds is 8. The molecule has 10 heteroatoms. The summed E-state index contributed by atoms with van der Waals surface area (Å²) in [6, 6.07) is 17.2. The number of thioether (sulfide) groups is 1. The molecule has 3 aliphatic rings. The summed E-state index contributed by atoms with van der Waals surface area (Å²) in [5.74, 6) is -0.186. The van der Waals surface area contributed by atoms with Gasteiger partial charge in [-0.05, 0) is 78.6 Å². The second kappa shape index (κ2) is 14.0. The van der Waals surface area contributed by atoms with Crippen molar-refractivity contribution in [3.63, 3.8) is 0 Å². The summed E-state index contributed by atoms with van der Waals surface area (Å²) < 4.78 is 46.5. The lowest BCUT2D eigenvalue weighted by atomic mass is 9.93. The van der Waals surface area contributed by atoms with Crippen LogP contribution in [-0.2, 0) is 15.9 Å². The van der Waals surface area contributed by atoms with E-state index in [1.165, 1.54) is 6.07 Å². The van der Waals surface area contributed by atoms with Crippen LogP contribution in [0.4, 0.5) is 8.78 Å². The molecule has 0 spiro atoms. The number of halogens is 3. The van der Waals surface area contributed by atoms with Crippen molar-refractivity contribution in [1.82, 2.24) is 4.90 Å². The number of nitrogens with two attached hydrogens (primary N) is 1. The first-order chi connectivity index (χ1) is 21.2. The first-order valence-electron chi connectivity index (χ1n) is 15.2. The van der Waals surface area contributed by atoms with Gasteiger partial charge in [-0.1, -0.05) is 35.9 Å². The molecule has 0 radical (unpaired) electrons. The first kappa shape index (κ1) is 31.7. The van der Waals surface area contributed by atoms with Gasteiger partial charge in [-0.25, -0.2) is 8.78 Å². The third-order valence-electron chi connectivity index (χ3n) is 8.95. The highest BCUT2D eigenvalue weighted by Gasteiger charge is 2.37. The molecule has 0 amide bonds. The number of hydrogen-bond donors (Lipinski definition) is 2. The Morgan fingerprint density at radius 1 is 1.07 bits per heavy atom. The predicted molar refractivity (Wildman–Crippen MR) is 169 cm³/mol. The second-order valence-electron chi connectivity index (χ2n) is 12.1. The van der Waals surface area contributed by atoms with E-state index in [4.69, 9.17) is 31.5 Å². The van der Waals surface area contributed by atoms with E-state index in [0.717, 1.165) is 54.1 Å². The van der Waals surface area contributed by atoms with Gasteiger partial charge in [0.25, 0.3) is 0 Å². The van der Waals surface area contributed by atoms with Gasteiger partial charge >= 0.3 is 0 Å². The van der Waals surface area contributed by atoms with Gasteiger partial charge in [0.15, 0.2) is 0 Å². The quantitative estimate of drug-likeness (QED) is 0.293. The van der Waals surface area contributed by atoms with Crippen LogP contribution in [0.25, 0.3) is 0 Å². The molecular weight excluding hydrogens is 606 g/mol. The molecule has 44 heavy (non-hydrogen) atoms. The maximum absolute atomic E-state index is 14.3. The Hall–Kier alpha value is -2.24. The van der Waals surface area contributed by atoms with E-state index in [1.54, 1.807) is 11.8 Å². The van der Waals surface area contributed by atoms with Crippen molar-refractivity contribution in [2.45, 2.75) is 74.0 Å². The third kappa shape index (κ3) is 7.41. The molecule has 3 aromatic rings. The molecule has 3 aliphatic heterocycles. The van der Waals surface area contributed by atoms with E-state index < -0.39 is 23.8 Å². The number of nitrogens with zero attached hydrogens (tertiary/aromatic N) is 1. The van der Waals surface area contributed by atoms with Crippen molar-refractivity contribution >= 4 is 23.4 Å². The van der Waals surface area contributed by atoms with Crippen LogP contribution < -0.4 is 10.5 Å². The molecule has 6 rings (SSSR count). The maximum atomic E-state index is 14.3. The molecular formula is C34H39ClF2N2O4S. The van der Waals surface area contributed by atoms with E-state index >= 15 is 0 Å². The van der Waals surface area contributed by atoms with Crippen LogP contribution in [0, 0.1) is 11.6 Å². The van der Waals surface area contributed by atoms with Crippen molar-refractivity contribution in [1.29, 1.82) is 0 Å². The second-order valence-corrected chi connectivity index (χ2v) is 13.5. The van der Waals surface area contributed by atoms with E-state index in [1.807, 2.05) is 30.5 Å². The van der Waals surface area contributed by atoms with Crippen LogP contribution in [0.5, 0.6) is 5.75 Å². The van der Waals surface area contributed by atoms with Crippen molar-refractivity contribution in [3.05, 3.63) is 99.6 Å². The highest BCUT2D eigenvalue weighted by Crippen LogP contribution is 2.37. The van der Waals surface area contributed by atoms with Crippen molar-refractivity contribution < 1.29 is 28.1 Å². The molecule has 3 saturated heterocycles. The SMILES string of the molecule is CSC1CC(O)CC(c2ccc(Cl)c(Cc3ccc(OC4CCN(C5COC(c6cc(F)ccc6F)C(N)C5)C4)cc3)c2)O1. The molecule has 236 valence electrons. The van der Waals surface area contributed by atoms with Gasteiger partial charge in [-0.3, -0.25) is 4.90 Å². The summed E-state index contributed by atoms with van der Waals surface area (Å²) in [4.78, 5) is 2.32. The number of ether oxygens (including phenoxy) is 3. The highest BCUT2D eigenvalue weighted by molar-refractivity contribution is 7.99. The van der Waals surface area contributed by atoms with Crippen molar-refractivity contribution in [2.75, 3.05) is 26.0 Å².